The number of aromatic nitrogens is 2. The summed E-state index contributed by atoms with van der Waals surface area (Å²) < 4.78 is 0.650. The van der Waals surface area contributed by atoms with E-state index in [-0.39, 0.29) is 12.6 Å². The highest BCUT2D eigenvalue weighted by Crippen LogP contribution is 2.26. The van der Waals surface area contributed by atoms with Gasteiger partial charge in [-0.3, -0.25) is 0 Å². The Morgan fingerprint density at radius 1 is 1.44 bits per heavy atom. The molecule has 0 saturated carbocycles. The van der Waals surface area contributed by atoms with Gasteiger partial charge < -0.3 is 15.8 Å². The number of aliphatic hydroxyl groups excluding tert-OH is 1. The van der Waals surface area contributed by atoms with Gasteiger partial charge in [0.15, 0.2) is 5.82 Å². The van der Waals surface area contributed by atoms with Crippen LogP contribution in [-0.2, 0) is 0 Å². The van der Waals surface area contributed by atoms with Crippen molar-refractivity contribution in [3.8, 4) is 0 Å². The van der Waals surface area contributed by atoms with Gasteiger partial charge in [0.2, 0.25) is 0 Å². The third-order valence-electron chi connectivity index (χ3n) is 2.25. The molecule has 0 amide bonds. The molecule has 5 N–H and O–H groups in total. The normalized spacial score (nSPS) is 12.6. The Bertz CT molecular complexity index is 347. The topological polar surface area (TPSA) is 96.1 Å². The lowest BCUT2D eigenvalue weighted by Crippen LogP contribution is -2.30. The first-order valence-electron chi connectivity index (χ1n) is 4.94. The number of anilines is 2. The summed E-state index contributed by atoms with van der Waals surface area (Å²) in [7, 11) is 0. The molecule has 0 aliphatic rings. The van der Waals surface area contributed by atoms with Crippen LogP contribution in [0.15, 0.2) is 10.8 Å². The van der Waals surface area contributed by atoms with Crippen molar-refractivity contribution in [3.05, 3.63) is 10.8 Å². The number of nitrogens with zero attached hydrogens (tertiary/aromatic N) is 2. The Morgan fingerprint density at radius 3 is 2.56 bits per heavy atom. The van der Waals surface area contributed by atoms with Crippen LogP contribution >= 0.6 is 15.9 Å². The molecule has 0 saturated heterocycles. The van der Waals surface area contributed by atoms with Crippen molar-refractivity contribution >= 4 is 27.6 Å². The van der Waals surface area contributed by atoms with Crippen LogP contribution in [0, 0.1) is 5.92 Å². The zero-order chi connectivity index (χ0) is 12.1. The van der Waals surface area contributed by atoms with Gasteiger partial charge in [0, 0.05) is 0 Å². The number of hydrogen-bond donors (Lipinski definition) is 4. The summed E-state index contributed by atoms with van der Waals surface area (Å²) in [6, 6.07) is -0.0585. The fourth-order valence-corrected chi connectivity index (χ4v) is 1.60. The second-order valence-corrected chi connectivity index (χ2v) is 4.50. The summed E-state index contributed by atoms with van der Waals surface area (Å²) in [4.78, 5) is 8.02. The molecular formula is C9H16BrN5O. The van der Waals surface area contributed by atoms with Gasteiger partial charge in [-0.25, -0.2) is 15.8 Å². The minimum atomic E-state index is -0.0585. The second kappa shape index (κ2) is 5.97. The monoisotopic (exact) mass is 289 g/mol. The molecule has 1 heterocycles. The molecule has 6 nitrogen and oxygen atoms in total. The Labute approximate surface area is 103 Å². The smallest absolute Gasteiger partial charge is 0.159 e. The zero-order valence-electron chi connectivity index (χ0n) is 9.24. The summed E-state index contributed by atoms with van der Waals surface area (Å²) in [6.07, 6.45) is 1.40. The number of nitrogen functional groups attached to an aromatic ring is 1. The molecule has 1 unspecified atom stereocenters. The van der Waals surface area contributed by atoms with Crippen LogP contribution in [0.1, 0.15) is 13.8 Å². The first-order valence-corrected chi connectivity index (χ1v) is 5.74. The highest BCUT2D eigenvalue weighted by atomic mass is 79.9. The minimum absolute atomic E-state index is 0.0412. The van der Waals surface area contributed by atoms with E-state index in [1.807, 2.05) is 13.8 Å². The summed E-state index contributed by atoms with van der Waals surface area (Å²) in [6.45, 7) is 4.08. The van der Waals surface area contributed by atoms with Crippen LogP contribution in [0.4, 0.5) is 11.6 Å². The molecule has 0 aliphatic carbocycles. The highest BCUT2D eigenvalue weighted by Gasteiger charge is 2.15. The number of hydrazine groups is 1. The first-order chi connectivity index (χ1) is 7.60. The molecule has 1 atom stereocenters. The van der Waals surface area contributed by atoms with Gasteiger partial charge in [-0.2, -0.15) is 0 Å². The average molecular weight is 290 g/mol. The molecule has 0 aliphatic heterocycles. The SMILES string of the molecule is CC(C)C(CO)Nc1ncnc(NN)c1Br. The maximum Gasteiger partial charge on any atom is 0.159 e. The fourth-order valence-electron chi connectivity index (χ4n) is 1.17. The van der Waals surface area contributed by atoms with Crippen LogP contribution in [-0.4, -0.2) is 27.7 Å². The maximum atomic E-state index is 9.21. The molecule has 16 heavy (non-hydrogen) atoms. The van der Waals surface area contributed by atoms with Gasteiger partial charge in [-0.05, 0) is 21.8 Å². The van der Waals surface area contributed by atoms with E-state index >= 15 is 0 Å². The lowest BCUT2D eigenvalue weighted by Gasteiger charge is -2.21. The molecular weight excluding hydrogens is 274 g/mol. The molecule has 0 fully saturated rings. The van der Waals surface area contributed by atoms with Gasteiger partial charge >= 0.3 is 0 Å². The standard InChI is InChI=1S/C9H16BrN5O/c1-5(2)6(3-16)14-8-7(10)9(15-11)13-4-12-8/h4-6,16H,3,11H2,1-2H3,(H2,12,13,14,15). The zero-order valence-corrected chi connectivity index (χ0v) is 10.8. The second-order valence-electron chi connectivity index (χ2n) is 3.71. The number of halogens is 1. The van der Waals surface area contributed by atoms with E-state index in [0.29, 0.717) is 22.0 Å². The van der Waals surface area contributed by atoms with E-state index in [4.69, 9.17) is 5.84 Å². The number of nitrogens with one attached hydrogen (secondary N) is 2. The Balaban J connectivity index is 2.88. The summed E-state index contributed by atoms with van der Waals surface area (Å²) in [5.41, 5.74) is 2.46. The van der Waals surface area contributed by atoms with Gasteiger partial charge in [0.05, 0.1) is 12.6 Å². The van der Waals surface area contributed by atoms with E-state index in [9.17, 15) is 5.11 Å². The van der Waals surface area contributed by atoms with Crippen LogP contribution < -0.4 is 16.6 Å². The number of rotatable bonds is 5. The Morgan fingerprint density at radius 2 is 2.06 bits per heavy atom. The van der Waals surface area contributed by atoms with E-state index in [1.165, 1.54) is 6.33 Å². The van der Waals surface area contributed by atoms with Gasteiger partial charge in [-0.1, -0.05) is 13.8 Å². The summed E-state index contributed by atoms with van der Waals surface area (Å²) in [5, 5.41) is 12.3. The van der Waals surface area contributed by atoms with Gasteiger partial charge in [0.25, 0.3) is 0 Å². The number of aliphatic hydroxyl groups is 1. The third-order valence-corrected chi connectivity index (χ3v) is 3.00. The summed E-state index contributed by atoms with van der Waals surface area (Å²) >= 11 is 3.34. The lowest BCUT2D eigenvalue weighted by molar-refractivity contribution is 0.249. The number of nitrogens with two attached hydrogens (primary N) is 1. The number of hydrogen-bond acceptors (Lipinski definition) is 6. The maximum absolute atomic E-state index is 9.21. The first kappa shape index (κ1) is 13.1. The van der Waals surface area contributed by atoms with Gasteiger partial charge in [-0.15, -0.1) is 0 Å². The van der Waals surface area contributed by atoms with Crippen LogP contribution in [0.25, 0.3) is 0 Å². The highest BCUT2D eigenvalue weighted by molar-refractivity contribution is 9.10. The molecule has 90 valence electrons. The van der Waals surface area contributed by atoms with E-state index in [1.54, 1.807) is 0 Å². The molecule has 0 spiro atoms. The van der Waals surface area contributed by atoms with Crippen LogP contribution in [0.5, 0.6) is 0 Å². The minimum Gasteiger partial charge on any atom is -0.394 e. The van der Waals surface area contributed by atoms with E-state index in [2.05, 4.69) is 36.6 Å². The Hall–Kier alpha value is -0.920. The largest absolute Gasteiger partial charge is 0.394 e. The third kappa shape index (κ3) is 3.03. The predicted octanol–water partition coefficient (Wildman–Crippen LogP) is 0.954. The molecule has 0 bridgehead atoms. The molecule has 1 aromatic heterocycles. The quantitative estimate of drug-likeness (QED) is 0.476. The Kier molecular flexibility index (Phi) is 4.91. The van der Waals surface area contributed by atoms with E-state index < -0.39 is 0 Å². The van der Waals surface area contributed by atoms with Crippen molar-refractivity contribution < 1.29 is 5.11 Å². The van der Waals surface area contributed by atoms with Crippen molar-refractivity contribution in [3.63, 3.8) is 0 Å². The predicted molar refractivity (Wildman–Crippen MR) is 66.9 cm³/mol. The van der Waals surface area contributed by atoms with Crippen molar-refractivity contribution in [2.24, 2.45) is 11.8 Å². The van der Waals surface area contributed by atoms with Crippen molar-refractivity contribution in [2.45, 2.75) is 19.9 Å². The van der Waals surface area contributed by atoms with E-state index in [0.717, 1.165) is 0 Å². The van der Waals surface area contributed by atoms with Gasteiger partial charge in [0.1, 0.15) is 16.6 Å². The fraction of sp³-hybridized carbons (Fsp3) is 0.556. The van der Waals surface area contributed by atoms with Crippen LogP contribution in [0.2, 0.25) is 0 Å². The van der Waals surface area contributed by atoms with Crippen molar-refractivity contribution in [2.75, 3.05) is 17.3 Å². The summed E-state index contributed by atoms with van der Waals surface area (Å²) in [5.74, 6) is 6.69. The molecule has 1 aromatic rings. The molecule has 0 radical (unpaired) electrons. The van der Waals surface area contributed by atoms with Crippen LogP contribution in [0.3, 0.4) is 0 Å². The lowest BCUT2D eigenvalue weighted by atomic mass is 10.1. The van der Waals surface area contributed by atoms with Crippen molar-refractivity contribution in [1.82, 2.24) is 9.97 Å². The molecule has 1 rings (SSSR count). The average Bonchev–Trinajstić information content (AvgIpc) is 2.27. The van der Waals surface area contributed by atoms with Crippen molar-refractivity contribution in [1.29, 1.82) is 0 Å². The molecule has 0 aromatic carbocycles. The molecule has 7 heteroatoms.